The molecule has 92 valence electrons. The van der Waals surface area contributed by atoms with Gasteiger partial charge in [0.1, 0.15) is 11.5 Å². The summed E-state index contributed by atoms with van der Waals surface area (Å²) in [5.74, 6) is 1.63. The Hall–Kier alpha value is -1.48. The van der Waals surface area contributed by atoms with E-state index >= 15 is 0 Å². The minimum Gasteiger partial charge on any atom is -0.497 e. The molecule has 1 aliphatic heterocycles. The number of fused-ring (bicyclic) bond motifs is 1. The highest BCUT2D eigenvalue weighted by atomic mass is 16.5. The van der Waals surface area contributed by atoms with Crippen molar-refractivity contribution < 1.29 is 14.2 Å². The molecule has 0 aliphatic carbocycles. The summed E-state index contributed by atoms with van der Waals surface area (Å²) in [5, 5.41) is 0. The van der Waals surface area contributed by atoms with Gasteiger partial charge in [0.25, 0.3) is 0 Å². The van der Waals surface area contributed by atoms with E-state index in [9.17, 15) is 0 Å². The molecular formula is C14H18O3. The van der Waals surface area contributed by atoms with Gasteiger partial charge in [-0.1, -0.05) is 6.08 Å². The fourth-order valence-electron chi connectivity index (χ4n) is 2.29. The van der Waals surface area contributed by atoms with Crippen molar-refractivity contribution in [3.63, 3.8) is 0 Å². The molecule has 1 atom stereocenters. The van der Waals surface area contributed by atoms with E-state index in [1.165, 1.54) is 0 Å². The maximum atomic E-state index is 5.62. The lowest BCUT2D eigenvalue weighted by Gasteiger charge is -2.34. The van der Waals surface area contributed by atoms with Gasteiger partial charge in [0, 0.05) is 17.0 Å². The van der Waals surface area contributed by atoms with Crippen LogP contribution in [0.3, 0.4) is 0 Å². The Balaban J connectivity index is 2.64. The molecule has 1 aromatic carbocycles. The minimum atomic E-state index is -0.203. The van der Waals surface area contributed by atoms with Crippen molar-refractivity contribution >= 4 is 0 Å². The van der Waals surface area contributed by atoms with E-state index < -0.39 is 0 Å². The molecule has 3 nitrogen and oxygen atoms in total. The maximum absolute atomic E-state index is 5.62. The van der Waals surface area contributed by atoms with Gasteiger partial charge in [-0.25, -0.2) is 0 Å². The van der Waals surface area contributed by atoms with E-state index in [1.54, 1.807) is 14.2 Å². The zero-order chi connectivity index (χ0) is 12.5. The van der Waals surface area contributed by atoms with Crippen molar-refractivity contribution in [3.05, 3.63) is 35.9 Å². The van der Waals surface area contributed by atoms with Crippen molar-refractivity contribution in [3.8, 4) is 11.5 Å². The third kappa shape index (κ3) is 1.91. The fourth-order valence-corrected chi connectivity index (χ4v) is 2.29. The molecule has 0 fully saturated rings. The van der Waals surface area contributed by atoms with Crippen LogP contribution in [-0.2, 0) is 16.8 Å². The molecule has 3 heteroatoms. The standard InChI is InChI=1S/C14H18O3/c1-5-14(2)9-17-8-10-6-11(15-3)7-12(16-4)13(10)14/h5-7H,1,8-9H2,2-4H3. The van der Waals surface area contributed by atoms with Gasteiger partial charge in [0.05, 0.1) is 27.4 Å². The highest BCUT2D eigenvalue weighted by Gasteiger charge is 2.33. The summed E-state index contributed by atoms with van der Waals surface area (Å²) in [6.07, 6.45) is 1.92. The smallest absolute Gasteiger partial charge is 0.127 e. The van der Waals surface area contributed by atoms with E-state index in [0.29, 0.717) is 13.2 Å². The predicted octanol–water partition coefficient (Wildman–Crippen LogP) is 2.68. The van der Waals surface area contributed by atoms with Crippen LogP contribution in [0.15, 0.2) is 24.8 Å². The maximum Gasteiger partial charge on any atom is 0.127 e. The normalized spacial score (nSPS) is 22.8. The molecule has 0 saturated carbocycles. The summed E-state index contributed by atoms with van der Waals surface area (Å²) in [6.45, 7) is 7.23. The quantitative estimate of drug-likeness (QED) is 0.752. The molecule has 0 bridgehead atoms. The number of hydrogen-bond acceptors (Lipinski definition) is 3. The Morgan fingerprint density at radius 1 is 1.35 bits per heavy atom. The van der Waals surface area contributed by atoms with Crippen molar-refractivity contribution in [2.24, 2.45) is 0 Å². The van der Waals surface area contributed by atoms with E-state index in [-0.39, 0.29) is 5.41 Å². The molecule has 0 saturated heterocycles. The number of methoxy groups -OCH3 is 2. The monoisotopic (exact) mass is 234 g/mol. The van der Waals surface area contributed by atoms with Crippen LogP contribution in [0.4, 0.5) is 0 Å². The summed E-state index contributed by atoms with van der Waals surface area (Å²) < 4.78 is 16.4. The zero-order valence-electron chi connectivity index (χ0n) is 10.6. The SMILES string of the molecule is C=CC1(C)COCc2cc(OC)cc(OC)c21. The first-order chi connectivity index (χ1) is 8.14. The van der Waals surface area contributed by atoms with Crippen LogP contribution in [0.25, 0.3) is 0 Å². The summed E-state index contributed by atoms with van der Waals surface area (Å²) in [5.41, 5.74) is 2.06. The van der Waals surface area contributed by atoms with Gasteiger partial charge in [-0.3, -0.25) is 0 Å². The van der Waals surface area contributed by atoms with Gasteiger partial charge < -0.3 is 14.2 Å². The summed E-state index contributed by atoms with van der Waals surface area (Å²) in [6, 6.07) is 3.91. The van der Waals surface area contributed by atoms with E-state index in [2.05, 4.69) is 13.5 Å². The van der Waals surface area contributed by atoms with Crippen LogP contribution in [0.1, 0.15) is 18.1 Å². The van der Waals surface area contributed by atoms with E-state index in [4.69, 9.17) is 14.2 Å². The average molecular weight is 234 g/mol. The molecular weight excluding hydrogens is 216 g/mol. The van der Waals surface area contributed by atoms with Gasteiger partial charge in [0.15, 0.2) is 0 Å². The Morgan fingerprint density at radius 3 is 2.71 bits per heavy atom. The van der Waals surface area contributed by atoms with Crippen LogP contribution in [-0.4, -0.2) is 20.8 Å². The van der Waals surface area contributed by atoms with Gasteiger partial charge in [-0.15, -0.1) is 6.58 Å². The van der Waals surface area contributed by atoms with Crippen LogP contribution in [0.2, 0.25) is 0 Å². The molecule has 1 aliphatic rings. The van der Waals surface area contributed by atoms with Crippen LogP contribution < -0.4 is 9.47 Å². The Labute approximate surface area is 102 Å². The third-order valence-electron chi connectivity index (χ3n) is 3.29. The van der Waals surface area contributed by atoms with Crippen LogP contribution in [0, 0.1) is 0 Å². The largest absolute Gasteiger partial charge is 0.497 e. The highest BCUT2D eigenvalue weighted by Crippen LogP contribution is 2.41. The van der Waals surface area contributed by atoms with E-state index in [1.807, 2.05) is 18.2 Å². The lowest BCUT2D eigenvalue weighted by atomic mass is 9.78. The number of ether oxygens (including phenoxy) is 3. The lowest BCUT2D eigenvalue weighted by Crippen LogP contribution is -2.32. The number of hydrogen-bond donors (Lipinski definition) is 0. The Kier molecular flexibility index (Phi) is 3.11. The summed E-state index contributed by atoms with van der Waals surface area (Å²) in [4.78, 5) is 0. The van der Waals surface area contributed by atoms with Gasteiger partial charge in [0.2, 0.25) is 0 Å². The second-order valence-corrected chi connectivity index (χ2v) is 4.48. The molecule has 17 heavy (non-hydrogen) atoms. The lowest BCUT2D eigenvalue weighted by molar-refractivity contribution is 0.0720. The molecule has 0 amide bonds. The molecule has 0 radical (unpaired) electrons. The second-order valence-electron chi connectivity index (χ2n) is 4.48. The molecule has 2 rings (SSSR count). The van der Waals surface area contributed by atoms with Crippen molar-refractivity contribution in [1.29, 1.82) is 0 Å². The minimum absolute atomic E-state index is 0.203. The molecule has 0 aromatic heterocycles. The highest BCUT2D eigenvalue weighted by molar-refractivity contribution is 5.52. The second kappa shape index (κ2) is 4.41. The van der Waals surface area contributed by atoms with Crippen molar-refractivity contribution in [1.82, 2.24) is 0 Å². The predicted molar refractivity (Wildman–Crippen MR) is 66.8 cm³/mol. The van der Waals surface area contributed by atoms with Gasteiger partial charge in [-0.2, -0.15) is 0 Å². The van der Waals surface area contributed by atoms with Gasteiger partial charge in [-0.05, 0) is 18.6 Å². The first-order valence-corrected chi connectivity index (χ1v) is 5.61. The van der Waals surface area contributed by atoms with Gasteiger partial charge >= 0.3 is 0 Å². The van der Waals surface area contributed by atoms with E-state index in [0.717, 1.165) is 22.6 Å². The van der Waals surface area contributed by atoms with Crippen molar-refractivity contribution in [2.45, 2.75) is 18.9 Å². The van der Waals surface area contributed by atoms with Crippen molar-refractivity contribution in [2.75, 3.05) is 20.8 Å². The Bertz CT molecular complexity index is 422. The average Bonchev–Trinajstić information content (AvgIpc) is 2.37. The molecule has 0 spiro atoms. The first kappa shape index (κ1) is 12.0. The molecule has 1 heterocycles. The molecule has 1 unspecified atom stereocenters. The summed E-state index contributed by atoms with van der Waals surface area (Å²) in [7, 11) is 3.32. The first-order valence-electron chi connectivity index (χ1n) is 5.61. The number of benzene rings is 1. The Morgan fingerprint density at radius 2 is 2.12 bits per heavy atom. The molecule has 1 aromatic rings. The van der Waals surface area contributed by atoms with Crippen LogP contribution >= 0.6 is 0 Å². The summed E-state index contributed by atoms with van der Waals surface area (Å²) >= 11 is 0. The van der Waals surface area contributed by atoms with Crippen LogP contribution in [0.5, 0.6) is 11.5 Å². The fraction of sp³-hybridized carbons (Fsp3) is 0.429. The third-order valence-corrected chi connectivity index (χ3v) is 3.29. The topological polar surface area (TPSA) is 27.7 Å². The number of rotatable bonds is 3. The molecule has 0 N–H and O–H groups in total. The zero-order valence-corrected chi connectivity index (χ0v) is 10.6.